The van der Waals surface area contributed by atoms with E-state index in [9.17, 15) is 19.2 Å². The van der Waals surface area contributed by atoms with Gasteiger partial charge in [0.15, 0.2) is 6.10 Å². The number of hydrogen-bond donors (Lipinski definition) is 0. The van der Waals surface area contributed by atoms with E-state index in [1.54, 1.807) is 56.5 Å². The first kappa shape index (κ1) is 30.3. The maximum absolute atomic E-state index is 13.7. The number of carbonyl (C=O) groups is 4. The van der Waals surface area contributed by atoms with Gasteiger partial charge in [-0.25, -0.2) is 9.78 Å². The monoisotopic (exact) mass is 680 g/mol. The van der Waals surface area contributed by atoms with Crippen molar-refractivity contribution < 1.29 is 28.7 Å². The fourth-order valence-corrected chi connectivity index (χ4v) is 8.16. The minimum absolute atomic E-state index is 0.0831. The van der Waals surface area contributed by atoms with Gasteiger partial charge < -0.3 is 9.47 Å². The van der Waals surface area contributed by atoms with Crippen LogP contribution in [0.25, 0.3) is 22.2 Å². The lowest BCUT2D eigenvalue weighted by atomic mass is 9.81. The summed E-state index contributed by atoms with van der Waals surface area (Å²) in [7, 11) is 1.55. The molecule has 234 valence electrons. The molecule has 9 heteroatoms. The number of imide groups is 1. The van der Waals surface area contributed by atoms with Crippen LogP contribution in [-0.4, -0.2) is 41.8 Å². The smallest absolute Gasteiger partial charge is 0.339 e. The van der Waals surface area contributed by atoms with Crippen LogP contribution in [0.15, 0.2) is 71.2 Å². The maximum Gasteiger partial charge on any atom is 0.339 e. The Hall–Kier alpha value is -4.37. The number of Topliss-reactive ketones (excluding diaryl/α,β-unsaturated/α-hetero) is 1. The highest BCUT2D eigenvalue weighted by molar-refractivity contribution is 9.10. The Balaban J connectivity index is 1.21. The van der Waals surface area contributed by atoms with Gasteiger partial charge in [-0.05, 0) is 105 Å². The molecular weight excluding hydrogens is 648 g/mol. The number of pyridine rings is 1. The van der Waals surface area contributed by atoms with Crippen molar-refractivity contribution in [3.05, 3.63) is 87.9 Å². The highest BCUT2D eigenvalue weighted by atomic mass is 79.9. The summed E-state index contributed by atoms with van der Waals surface area (Å²) in [6.45, 7) is 3.57. The number of benzene rings is 3. The predicted molar refractivity (Wildman–Crippen MR) is 177 cm³/mol. The number of ether oxygens (including phenoxy) is 2. The average Bonchev–Trinajstić information content (AvgIpc) is 3.76. The van der Waals surface area contributed by atoms with Gasteiger partial charge in [0.1, 0.15) is 5.75 Å². The van der Waals surface area contributed by atoms with Crippen molar-refractivity contribution in [2.24, 2.45) is 23.7 Å². The van der Waals surface area contributed by atoms with Gasteiger partial charge in [0, 0.05) is 21.0 Å². The number of aryl methyl sites for hydroxylation is 1. The number of nitrogens with zero attached hydrogens (tertiary/aromatic N) is 2. The number of anilines is 1. The largest absolute Gasteiger partial charge is 0.497 e. The molecule has 8 nitrogen and oxygen atoms in total. The molecule has 2 bridgehead atoms. The zero-order chi connectivity index (χ0) is 32.3. The van der Waals surface area contributed by atoms with E-state index in [4.69, 9.17) is 14.5 Å². The first-order valence-corrected chi connectivity index (χ1v) is 16.5. The highest BCUT2D eigenvalue weighted by Gasteiger charge is 2.61. The van der Waals surface area contributed by atoms with Crippen molar-refractivity contribution in [2.45, 2.75) is 45.6 Å². The standard InChI is InChI=1S/C37H33BrN2O6/c1-4-20-16-25(38)17-28-29(37(44)46-19(2)34(41)22-9-13-27(45-3)14-10-22)18-30(39-33(20)28)21-7-11-26(12-8-21)40-35(42)31-23-5-6-24(15-23)32(31)36(40)43/h7-14,16-19,23-24,31-32H,4-6,15H2,1-3H3. The molecule has 4 aromatic rings. The van der Waals surface area contributed by atoms with Crippen LogP contribution in [0.4, 0.5) is 5.69 Å². The van der Waals surface area contributed by atoms with Gasteiger partial charge in [0.05, 0.1) is 41.4 Å². The molecule has 0 radical (unpaired) electrons. The third-order valence-corrected chi connectivity index (χ3v) is 10.4. The lowest BCUT2D eigenvalue weighted by Gasteiger charge is -2.19. The van der Waals surface area contributed by atoms with Crippen molar-refractivity contribution in [3.8, 4) is 17.0 Å². The minimum Gasteiger partial charge on any atom is -0.497 e. The van der Waals surface area contributed by atoms with Gasteiger partial charge in [-0.3, -0.25) is 19.3 Å². The van der Waals surface area contributed by atoms with Crippen LogP contribution >= 0.6 is 15.9 Å². The lowest BCUT2D eigenvalue weighted by Crippen LogP contribution is -2.32. The molecule has 1 saturated heterocycles. The summed E-state index contributed by atoms with van der Waals surface area (Å²) < 4.78 is 11.7. The number of carbonyl (C=O) groups excluding carboxylic acids is 4. The number of esters is 1. The topological polar surface area (TPSA) is 103 Å². The van der Waals surface area contributed by atoms with Crippen LogP contribution in [0.2, 0.25) is 0 Å². The quantitative estimate of drug-likeness (QED) is 0.110. The SMILES string of the molecule is CCc1cc(Br)cc2c(C(=O)OC(C)C(=O)c3ccc(OC)cc3)cc(-c3ccc(N4C(=O)C5C6CCC(C6)C5C4=O)cc3)nc12. The van der Waals surface area contributed by atoms with Crippen molar-refractivity contribution in [1.29, 1.82) is 0 Å². The van der Waals surface area contributed by atoms with E-state index in [0.717, 1.165) is 29.3 Å². The summed E-state index contributed by atoms with van der Waals surface area (Å²) in [6.07, 6.45) is 2.69. The Kier molecular flexibility index (Phi) is 7.75. The van der Waals surface area contributed by atoms with Crippen LogP contribution in [0.3, 0.4) is 0 Å². The van der Waals surface area contributed by atoms with Gasteiger partial charge in [-0.15, -0.1) is 0 Å². The fraction of sp³-hybridized carbons (Fsp3) is 0.324. The molecule has 2 amide bonds. The summed E-state index contributed by atoms with van der Waals surface area (Å²) in [4.78, 5) is 59.9. The van der Waals surface area contributed by atoms with Crippen molar-refractivity contribution in [3.63, 3.8) is 0 Å². The molecular formula is C37H33BrN2O6. The summed E-state index contributed by atoms with van der Waals surface area (Å²) in [5.41, 5.74) is 4.08. The normalized spacial score (nSPS) is 22.3. The molecule has 3 fully saturated rings. The fourth-order valence-electron chi connectivity index (χ4n) is 7.66. The Morgan fingerprint density at radius 2 is 1.61 bits per heavy atom. The number of amides is 2. The maximum atomic E-state index is 13.7. The molecule has 0 spiro atoms. The summed E-state index contributed by atoms with van der Waals surface area (Å²) in [6, 6.07) is 19.3. The van der Waals surface area contributed by atoms with Gasteiger partial charge in [-0.2, -0.15) is 0 Å². The number of rotatable bonds is 8. The summed E-state index contributed by atoms with van der Waals surface area (Å²) in [5, 5.41) is 0.607. The minimum atomic E-state index is -1.03. The Bertz CT molecular complexity index is 1880. The molecule has 46 heavy (non-hydrogen) atoms. The predicted octanol–water partition coefficient (Wildman–Crippen LogP) is 7.20. The van der Waals surface area contributed by atoms with Gasteiger partial charge in [0.2, 0.25) is 17.6 Å². The summed E-state index contributed by atoms with van der Waals surface area (Å²) in [5.74, 6) is -0.260. The molecule has 2 aliphatic carbocycles. The van der Waals surface area contributed by atoms with E-state index in [1.807, 2.05) is 31.2 Å². The van der Waals surface area contributed by atoms with Crippen LogP contribution in [0, 0.1) is 23.7 Å². The molecule has 1 aliphatic heterocycles. The third kappa shape index (κ3) is 5.01. The second-order valence-corrected chi connectivity index (χ2v) is 13.4. The zero-order valence-electron chi connectivity index (χ0n) is 25.8. The molecule has 1 aromatic heterocycles. The Labute approximate surface area is 275 Å². The van der Waals surface area contributed by atoms with E-state index in [2.05, 4.69) is 15.9 Å². The van der Waals surface area contributed by atoms with Gasteiger partial charge in [-0.1, -0.05) is 35.0 Å². The van der Waals surface area contributed by atoms with Gasteiger partial charge >= 0.3 is 5.97 Å². The molecule has 3 aromatic carbocycles. The third-order valence-electron chi connectivity index (χ3n) is 9.93. The number of aromatic nitrogens is 1. The molecule has 2 heterocycles. The molecule has 5 unspecified atom stereocenters. The second-order valence-electron chi connectivity index (χ2n) is 12.5. The van der Waals surface area contributed by atoms with E-state index >= 15 is 0 Å². The molecule has 3 aliphatic rings. The van der Waals surface area contributed by atoms with E-state index in [0.29, 0.717) is 57.4 Å². The van der Waals surface area contributed by atoms with E-state index in [1.165, 1.54) is 4.90 Å². The summed E-state index contributed by atoms with van der Waals surface area (Å²) >= 11 is 3.56. The zero-order valence-corrected chi connectivity index (χ0v) is 27.4. The van der Waals surface area contributed by atoms with Crippen molar-refractivity contribution in [1.82, 2.24) is 4.98 Å². The second kappa shape index (κ2) is 11.8. The Morgan fingerprint density at radius 1 is 0.957 bits per heavy atom. The van der Waals surface area contributed by atoms with Gasteiger partial charge in [0.25, 0.3) is 0 Å². The molecule has 7 rings (SSSR count). The van der Waals surface area contributed by atoms with Crippen LogP contribution in [0.5, 0.6) is 5.75 Å². The average molecular weight is 682 g/mol. The van der Waals surface area contributed by atoms with Crippen molar-refractivity contribution in [2.75, 3.05) is 12.0 Å². The van der Waals surface area contributed by atoms with Crippen LogP contribution < -0.4 is 9.64 Å². The first-order valence-electron chi connectivity index (χ1n) is 15.7. The van der Waals surface area contributed by atoms with E-state index < -0.39 is 12.1 Å². The van der Waals surface area contributed by atoms with Crippen LogP contribution in [-0.2, 0) is 20.7 Å². The molecule has 2 saturated carbocycles. The molecule has 0 N–H and O–H groups in total. The number of halogens is 1. The number of hydrogen-bond acceptors (Lipinski definition) is 7. The number of methoxy groups -OCH3 is 1. The number of ketones is 1. The van der Waals surface area contributed by atoms with Crippen LogP contribution in [0.1, 0.15) is 59.4 Å². The van der Waals surface area contributed by atoms with E-state index in [-0.39, 0.29) is 35.0 Å². The Morgan fingerprint density at radius 3 is 2.22 bits per heavy atom. The highest BCUT2D eigenvalue weighted by Crippen LogP contribution is 2.56. The van der Waals surface area contributed by atoms with Crippen molar-refractivity contribution >= 4 is 56.1 Å². The first-order chi connectivity index (χ1) is 22.2. The number of fused-ring (bicyclic) bond motifs is 6. The lowest BCUT2D eigenvalue weighted by molar-refractivity contribution is -0.123. The molecule has 5 atom stereocenters.